The molecule has 3 fully saturated rings. The van der Waals surface area contributed by atoms with E-state index in [9.17, 15) is 18.0 Å². The zero-order valence-electron chi connectivity index (χ0n) is 17.9. The van der Waals surface area contributed by atoms with Crippen molar-refractivity contribution in [1.82, 2.24) is 10.2 Å². The predicted octanol–water partition coefficient (Wildman–Crippen LogP) is 4.90. The van der Waals surface area contributed by atoms with Gasteiger partial charge in [-0.2, -0.15) is 0 Å². The second kappa shape index (κ2) is 8.78. The van der Waals surface area contributed by atoms with Crippen LogP contribution in [0.4, 0.5) is 18.0 Å². The van der Waals surface area contributed by atoms with E-state index >= 15 is 0 Å². The van der Waals surface area contributed by atoms with Gasteiger partial charge in [0.25, 0.3) is 0 Å². The number of hydrogen-bond acceptors (Lipinski definition) is 5. The molecule has 2 bridgehead atoms. The number of amides is 1. The molecule has 0 spiro atoms. The number of nitrogens with one attached hydrogen (secondary N) is 1. The summed E-state index contributed by atoms with van der Waals surface area (Å²) in [5.41, 5.74) is 2.08. The van der Waals surface area contributed by atoms with Gasteiger partial charge >= 0.3 is 12.5 Å². The standard InChI is InChI=1S/C24H25F3N2O4/c25-24(26,27)33-18-3-1-2-16(12-18)17-4-5-19-20(8-11-31-21(19)13-17)28-23(30)32-22-14-29-9-6-15(22)7-10-29/h1-5,12-13,15,20,22H,6-11,14H2,(H,28,30)/t20?,22-/m1/s1. The number of piperidine rings is 3. The van der Waals surface area contributed by atoms with E-state index < -0.39 is 12.5 Å². The van der Waals surface area contributed by atoms with Gasteiger partial charge in [0.2, 0.25) is 0 Å². The molecule has 176 valence electrons. The average molecular weight is 462 g/mol. The van der Waals surface area contributed by atoms with Crippen LogP contribution >= 0.6 is 0 Å². The van der Waals surface area contributed by atoms with Crippen molar-refractivity contribution in [2.45, 2.75) is 37.8 Å². The molecule has 6 rings (SSSR count). The summed E-state index contributed by atoms with van der Waals surface area (Å²) < 4.78 is 53.2. The van der Waals surface area contributed by atoms with Crippen molar-refractivity contribution in [3.05, 3.63) is 48.0 Å². The van der Waals surface area contributed by atoms with Crippen LogP contribution in [0, 0.1) is 5.92 Å². The highest BCUT2D eigenvalue weighted by Crippen LogP contribution is 2.37. The first kappa shape index (κ1) is 21.9. The molecular formula is C24H25F3N2O4. The lowest BCUT2D eigenvalue weighted by atomic mass is 9.86. The topological polar surface area (TPSA) is 60.0 Å². The molecule has 6 nitrogen and oxygen atoms in total. The number of halogens is 3. The van der Waals surface area contributed by atoms with Crippen molar-refractivity contribution in [3.63, 3.8) is 0 Å². The van der Waals surface area contributed by atoms with Crippen LogP contribution in [-0.4, -0.2) is 49.7 Å². The summed E-state index contributed by atoms with van der Waals surface area (Å²) in [5.74, 6) is 0.741. The highest BCUT2D eigenvalue weighted by Gasteiger charge is 2.37. The number of fused-ring (bicyclic) bond motifs is 4. The van der Waals surface area contributed by atoms with Crippen molar-refractivity contribution >= 4 is 6.09 Å². The first-order valence-corrected chi connectivity index (χ1v) is 11.2. The molecule has 4 aliphatic rings. The third-order valence-corrected chi connectivity index (χ3v) is 6.60. The molecule has 4 heterocycles. The zero-order chi connectivity index (χ0) is 23.0. The molecular weight excluding hydrogens is 437 g/mol. The number of nitrogens with zero attached hydrogens (tertiary/aromatic N) is 1. The van der Waals surface area contributed by atoms with Crippen LogP contribution in [0.15, 0.2) is 42.5 Å². The van der Waals surface area contributed by atoms with Crippen molar-refractivity contribution in [1.29, 1.82) is 0 Å². The summed E-state index contributed by atoms with van der Waals surface area (Å²) in [7, 11) is 0. The first-order valence-electron chi connectivity index (χ1n) is 11.2. The zero-order valence-corrected chi connectivity index (χ0v) is 17.9. The Morgan fingerprint density at radius 2 is 1.85 bits per heavy atom. The monoisotopic (exact) mass is 462 g/mol. The maximum atomic E-state index is 12.6. The van der Waals surface area contributed by atoms with Gasteiger partial charge in [-0.1, -0.05) is 24.3 Å². The third-order valence-electron chi connectivity index (χ3n) is 6.60. The van der Waals surface area contributed by atoms with E-state index in [0.717, 1.165) is 38.0 Å². The van der Waals surface area contributed by atoms with Crippen molar-refractivity contribution in [2.24, 2.45) is 5.92 Å². The smallest absolute Gasteiger partial charge is 0.493 e. The number of carbonyl (C=O) groups is 1. The molecule has 1 N–H and O–H groups in total. The van der Waals surface area contributed by atoms with Gasteiger partial charge in [0.1, 0.15) is 17.6 Å². The lowest BCUT2D eigenvalue weighted by Gasteiger charge is -2.44. The van der Waals surface area contributed by atoms with Gasteiger partial charge in [-0.25, -0.2) is 4.79 Å². The van der Waals surface area contributed by atoms with E-state index in [1.54, 1.807) is 18.2 Å². The first-order chi connectivity index (χ1) is 15.8. The van der Waals surface area contributed by atoms with Crippen LogP contribution in [0.5, 0.6) is 11.5 Å². The molecule has 1 unspecified atom stereocenters. The van der Waals surface area contributed by atoms with Crippen LogP contribution in [0.1, 0.15) is 30.9 Å². The second-order valence-corrected chi connectivity index (χ2v) is 8.74. The van der Waals surface area contributed by atoms with Gasteiger partial charge in [-0.15, -0.1) is 13.2 Å². The molecule has 0 radical (unpaired) electrons. The van der Waals surface area contributed by atoms with E-state index in [4.69, 9.17) is 9.47 Å². The molecule has 33 heavy (non-hydrogen) atoms. The van der Waals surface area contributed by atoms with Crippen LogP contribution in [0.2, 0.25) is 0 Å². The lowest BCUT2D eigenvalue weighted by Crippen LogP contribution is -2.52. The van der Waals surface area contributed by atoms with Gasteiger partial charge in [-0.3, -0.25) is 4.90 Å². The minimum Gasteiger partial charge on any atom is -0.493 e. The molecule has 0 aliphatic carbocycles. The minimum absolute atomic E-state index is 0.0691. The van der Waals surface area contributed by atoms with Crippen LogP contribution in [0.25, 0.3) is 11.1 Å². The van der Waals surface area contributed by atoms with Crippen molar-refractivity contribution in [3.8, 4) is 22.6 Å². The number of alkyl halides is 3. The lowest BCUT2D eigenvalue weighted by molar-refractivity contribution is -0.274. The van der Waals surface area contributed by atoms with Gasteiger partial charge in [0.15, 0.2) is 0 Å². The SMILES string of the molecule is O=C(NC1CCOc2cc(-c3cccc(OC(F)(F)F)c3)ccc21)O[C@@H]1CN2CCC1CC2. The summed E-state index contributed by atoms with van der Waals surface area (Å²) >= 11 is 0. The van der Waals surface area contributed by atoms with E-state index in [2.05, 4.69) is 15.0 Å². The van der Waals surface area contributed by atoms with Crippen LogP contribution in [0.3, 0.4) is 0 Å². The fourth-order valence-corrected chi connectivity index (χ4v) is 4.95. The minimum atomic E-state index is -4.75. The maximum absolute atomic E-state index is 12.6. The summed E-state index contributed by atoms with van der Waals surface area (Å²) in [5, 5.41) is 2.97. The number of ether oxygens (including phenoxy) is 3. The highest BCUT2D eigenvalue weighted by atomic mass is 19.4. The largest absolute Gasteiger partial charge is 0.573 e. The molecule has 0 aromatic heterocycles. The summed E-state index contributed by atoms with van der Waals surface area (Å²) in [6, 6.07) is 10.9. The molecule has 0 saturated carbocycles. The Balaban J connectivity index is 1.28. The third kappa shape index (κ3) is 5.03. The molecule has 2 aromatic rings. The number of benzene rings is 2. The Bertz CT molecular complexity index is 1020. The van der Waals surface area contributed by atoms with Crippen LogP contribution < -0.4 is 14.8 Å². The van der Waals surface area contributed by atoms with Gasteiger partial charge < -0.3 is 19.5 Å². The molecule has 2 aromatic carbocycles. The molecule has 1 amide bonds. The number of hydrogen-bond donors (Lipinski definition) is 1. The van der Waals surface area contributed by atoms with Crippen LogP contribution in [-0.2, 0) is 4.74 Å². The summed E-state index contributed by atoms with van der Waals surface area (Å²) in [6.45, 7) is 3.36. The number of carbonyl (C=O) groups excluding carboxylic acids is 1. The Labute approximate surface area is 189 Å². The molecule has 4 aliphatic heterocycles. The average Bonchev–Trinajstić information content (AvgIpc) is 2.79. The summed E-state index contributed by atoms with van der Waals surface area (Å²) in [4.78, 5) is 14.9. The summed E-state index contributed by atoms with van der Waals surface area (Å²) in [6.07, 6.45) is -2.50. The van der Waals surface area contributed by atoms with E-state index in [1.807, 2.05) is 6.07 Å². The Morgan fingerprint density at radius 3 is 2.58 bits per heavy atom. The quantitative estimate of drug-likeness (QED) is 0.701. The molecule has 9 heteroatoms. The van der Waals surface area contributed by atoms with E-state index in [-0.39, 0.29) is 17.9 Å². The maximum Gasteiger partial charge on any atom is 0.573 e. The predicted molar refractivity (Wildman–Crippen MR) is 114 cm³/mol. The van der Waals surface area contributed by atoms with E-state index in [1.165, 1.54) is 18.2 Å². The Kier molecular flexibility index (Phi) is 5.82. The molecule has 3 saturated heterocycles. The Morgan fingerprint density at radius 1 is 1.06 bits per heavy atom. The fourth-order valence-electron chi connectivity index (χ4n) is 4.95. The van der Waals surface area contributed by atoms with Crippen molar-refractivity contribution in [2.75, 3.05) is 26.2 Å². The van der Waals surface area contributed by atoms with Gasteiger partial charge in [0.05, 0.1) is 12.6 Å². The second-order valence-electron chi connectivity index (χ2n) is 8.74. The Hall–Kier alpha value is -2.94. The number of alkyl carbamates (subject to hydrolysis) is 1. The number of rotatable bonds is 4. The van der Waals surface area contributed by atoms with E-state index in [0.29, 0.717) is 35.8 Å². The van der Waals surface area contributed by atoms with Crippen molar-refractivity contribution < 1.29 is 32.2 Å². The normalized spacial score (nSPS) is 26.2. The molecule has 2 atom stereocenters. The van der Waals surface area contributed by atoms with Gasteiger partial charge in [-0.05, 0) is 61.2 Å². The highest BCUT2D eigenvalue weighted by molar-refractivity contribution is 5.70. The van der Waals surface area contributed by atoms with Gasteiger partial charge in [0, 0.05) is 18.5 Å². The fraction of sp³-hybridized carbons (Fsp3) is 0.458.